The number of nitrogens with one attached hydrogen (secondary N) is 2. The maximum atomic E-state index is 14.0. The molecule has 0 bridgehead atoms. The Morgan fingerprint density at radius 1 is 1.23 bits per heavy atom. The van der Waals surface area contributed by atoms with Crippen LogP contribution < -0.4 is 15.4 Å². The monoisotopic (exact) mass is 358 g/mol. The summed E-state index contributed by atoms with van der Waals surface area (Å²) in [5.41, 5.74) is 2.90. The third kappa shape index (κ3) is 4.14. The van der Waals surface area contributed by atoms with Gasteiger partial charge < -0.3 is 20.1 Å². The maximum Gasteiger partial charge on any atom is 0.319 e. The van der Waals surface area contributed by atoms with E-state index in [2.05, 4.69) is 29.7 Å². The summed E-state index contributed by atoms with van der Waals surface area (Å²) < 4.78 is 24.2. The molecule has 2 amide bonds. The van der Waals surface area contributed by atoms with Gasteiger partial charge >= 0.3 is 6.03 Å². The Morgan fingerprint density at radius 3 is 2.77 bits per heavy atom. The van der Waals surface area contributed by atoms with Crippen molar-refractivity contribution >= 4 is 11.7 Å². The van der Waals surface area contributed by atoms with E-state index in [1.54, 1.807) is 13.2 Å². The number of hydrogen-bond donors (Lipinski definition) is 2. The molecule has 138 valence electrons. The van der Waals surface area contributed by atoms with Gasteiger partial charge in [0.2, 0.25) is 0 Å². The van der Waals surface area contributed by atoms with Crippen LogP contribution in [0, 0.1) is 5.82 Å². The van der Waals surface area contributed by atoms with Crippen LogP contribution >= 0.6 is 0 Å². The molecule has 0 aliphatic heterocycles. The molecule has 2 aromatic carbocycles. The zero-order chi connectivity index (χ0) is 18.5. The quantitative estimate of drug-likeness (QED) is 0.774. The molecule has 0 saturated heterocycles. The molecule has 2 aromatic rings. The van der Waals surface area contributed by atoms with Gasteiger partial charge in [-0.25, -0.2) is 9.18 Å². The van der Waals surface area contributed by atoms with Crippen molar-refractivity contribution < 1.29 is 18.7 Å². The van der Waals surface area contributed by atoms with Gasteiger partial charge in [0.05, 0.1) is 6.61 Å². The van der Waals surface area contributed by atoms with Crippen molar-refractivity contribution in [1.29, 1.82) is 0 Å². The van der Waals surface area contributed by atoms with Gasteiger partial charge in [0, 0.05) is 30.8 Å². The van der Waals surface area contributed by atoms with Crippen molar-refractivity contribution in [1.82, 2.24) is 5.32 Å². The number of fused-ring (bicyclic) bond motifs is 1. The van der Waals surface area contributed by atoms with Gasteiger partial charge in [0.1, 0.15) is 6.61 Å². The third-order valence-electron chi connectivity index (χ3n) is 4.64. The summed E-state index contributed by atoms with van der Waals surface area (Å²) in [7, 11) is 1.55. The molecule has 1 aliphatic carbocycles. The van der Waals surface area contributed by atoms with E-state index in [1.165, 1.54) is 23.3 Å². The van der Waals surface area contributed by atoms with Crippen LogP contribution in [-0.4, -0.2) is 32.4 Å². The van der Waals surface area contributed by atoms with Crippen LogP contribution in [0.2, 0.25) is 0 Å². The highest BCUT2D eigenvalue weighted by Crippen LogP contribution is 2.32. The van der Waals surface area contributed by atoms with E-state index >= 15 is 0 Å². The Bertz CT molecular complexity index is 781. The Balaban J connectivity index is 1.56. The van der Waals surface area contributed by atoms with E-state index in [4.69, 9.17) is 9.47 Å². The lowest BCUT2D eigenvalue weighted by atomic mass is 10.0. The number of ether oxygens (including phenoxy) is 2. The van der Waals surface area contributed by atoms with Gasteiger partial charge in [-0.15, -0.1) is 0 Å². The number of carbonyl (C=O) groups is 1. The number of anilines is 1. The molecular weight excluding hydrogens is 335 g/mol. The fourth-order valence-corrected chi connectivity index (χ4v) is 3.24. The molecule has 5 nitrogen and oxygen atoms in total. The average molecular weight is 358 g/mol. The van der Waals surface area contributed by atoms with E-state index in [1.807, 2.05) is 12.1 Å². The van der Waals surface area contributed by atoms with Crippen LogP contribution in [-0.2, 0) is 11.2 Å². The smallest absolute Gasteiger partial charge is 0.319 e. The summed E-state index contributed by atoms with van der Waals surface area (Å²) in [4.78, 5) is 12.3. The predicted molar refractivity (Wildman–Crippen MR) is 98.3 cm³/mol. The molecule has 3 rings (SSSR count). The summed E-state index contributed by atoms with van der Waals surface area (Å²) in [5.74, 6) is -0.154. The Kier molecular flexibility index (Phi) is 5.73. The summed E-state index contributed by atoms with van der Waals surface area (Å²) in [6, 6.07) is 12.2. The molecule has 0 heterocycles. The minimum atomic E-state index is -0.527. The molecule has 0 aromatic heterocycles. The second kappa shape index (κ2) is 8.19. The lowest BCUT2D eigenvalue weighted by Gasteiger charge is -2.18. The molecule has 26 heavy (non-hydrogen) atoms. The fraction of sp³-hybridized carbons (Fsp3) is 0.350. The Morgan fingerprint density at radius 2 is 2.04 bits per heavy atom. The summed E-state index contributed by atoms with van der Waals surface area (Å²) >= 11 is 0. The SMILES string of the molecule is COCCOc1ccc(NC(=O)N[C@@H]2Cc3ccccc3[C@@H]2C)cc1F. The first-order valence-electron chi connectivity index (χ1n) is 8.65. The zero-order valence-corrected chi connectivity index (χ0v) is 14.9. The fourth-order valence-electron chi connectivity index (χ4n) is 3.24. The predicted octanol–water partition coefficient (Wildman–Crippen LogP) is 3.70. The third-order valence-corrected chi connectivity index (χ3v) is 4.64. The van der Waals surface area contributed by atoms with E-state index < -0.39 is 5.82 Å². The number of benzene rings is 2. The van der Waals surface area contributed by atoms with Crippen LogP contribution in [0.5, 0.6) is 5.75 Å². The number of carbonyl (C=O) groups excluding carboxylic acids is 1. The largest absolute Gasteiger partial charge is 0.488 e. The highest BCUT2D eigenvalue weighted by Gasteiger charge is 2.29. The van der Waals surface area contributed by atoms with E-state index in [0.29, 0.717) is 12.3 Å². The summed E-state index contributed by atoms with van der Waals surface area (Å²) in [6.45, 7) is 2.74. The number of hydrogen-bond acceptors (Lipinski definition) is 3. The molecule has 2 atom stereocenters. The van der Waals surface area contributed by atoms with E-state index in [-0.39, 0.29) is 30.3 Å². The summed E-state index contributed by atoms with van der Waals surface area (Å²) in [6.07, 6.45) is 0.797. The first kappa shape index (κ1) is 18.2. The van der Waals surface area contributed by atoms with Gasteiger partial charge in [0.15, 0.2) is 11.6 Å². The van der Waals surface area contributed by atoms with Gasteiger partial charge in [0.25, 0.3) is 0 Å². The highest BCUT2D eigenvalue weighted by atomic mass is 19.1. The number of urea groups is 1. The zero-order valence-electron chi connectivity index (χ0n) is 14.9. The van der Waals surface area contributed by atoms with Gasteiger partial charge in [-0.3, -0.25) is 0 Å². The first-order valence-corrected chi connectivity index (χ1v) is 8.65. The van der Waals surface area contributed by atoms with Gasteiger partial charge in [-0.1, -0.05) is 31.2 Å². The summed E-state index contributed by atoms with van der Waals surface area (Å²) in [5, 5.41) is 5.66. The van der Waals surface area contributed by atoms with E-state index in [0.717, 1.165) is 6.42 Å². The standard InChI is InChI=1S/C20H23FN2O3/c1-13-16-6-4-3-5-14(16)11-18(13)23-20(24)22-15-7-8-19(17(21)12-15)26-10-9-25-2/h3-8,12-13,18H,9-11H2,1-2H3,(H2,22,23,24)/t13-,18+/m0/s1. The molecule has 2 N–H and O–H groups in total. The lowest BCUT2D eigenvalue weighted by molar-refractivity contribution is 0.144. The van der Waals surface area contributed by atoms with Crippen molar-refractivity contribution in [3.63, 3.8) is 0 Å². The van der Waals surface area contributed by atoms with E-state index in [9.17, 15) is 9.18 Å². The molecule has 1 aliphatic rings. The second-order valence-electron chi connectivity index (χ2n) is 6.38. The minimum Gasteiger partial charge on any atom is -0.488 e. The van der Waals surface area contributed by atoms with Gasteiger partial charge in [-0.2, -0.15) is 0 Å². The van der Waals surface area contributed by atoms with Crippen molar-refractivity contribution in [3.05, 3.63) is 59.4 Å². The van der Waals surface area contributed by atoms with Crippen LogP contribution in [0.3, 0.4) is 0 Å². The molecular formula is C20H23FN2O3. The Labute approximate surface area is 152 Å². The topological polar surface area (TPSA) is 59.6 Å². The number of amides is 2. The number of halogens is 1. The number of rotatable bonds is 6. The van der Waals surface area contributed by atoms with Crippen molar-refractivity contribution in [2.24, 2.45) is 0 Å². The highest BCUT2D eigenvalue weighted by molar-refractivity contribution is 5.89. The molecule has 0 fully saturated rings. The first-order chi connectivity index (χ1) is 12.6. The van der Waals surface area contributed by atoms with Crippen LogP contribution in [0.15, 0.2) is 42.5 Å². The maximum absolute atomic E-state index is 14.0. The van der Waals surface area contributed by atoms with Crippen molar-refractivity contribution in [2.75, 3.05) is 25.6 Å². The normalized spacial score (nSPS) is 18.3. The Hall–Kier alpha value is -2.60. The van der Waals surface area contributed by atoms with Crippen LogP contribution in [0.1, 0.15) is 24.0 Å². The molecule has 6 heteroatoms. The average Bonchev–Trinajstić information content (AvgIpc) is 2.93. The molecule has 0 saturated carbocycles. The van der Waals surface area contributed by atoms with Crippen LogP contribution in [0.4, 0.5) is 14.9 Å². The van der Waals surface area contributed by atoms with Gasteiger partial charge in [-0.05, 0) is 29.7 Å². The van der Waals surface area contributed by atoms with Crippen molar-refractivity contribution in [2.45, 2.75) is 25.3 Å². The van der Waals surface area contributed by atoms with Crippen LogP contribution in [0.25, 0.3) is 0 Å². The molecule has 0 radical (unpaired) electrons. The second-order valence-corrected chi connectivity index (χ2v) is 6.38. The number of methoxy groups -OCH3 is 1. The molecule has 0 unspecified atom stereocenters. The molecule has 0 spiro atoms. The van der Waals surface area contributed by atoms with Crippen molar-refractivity contribution in [3.8, 4) is 5.75 Å². The minimum absolute atomic E-state index is 0.0221. The lowest BCUT2D eigenvalue weighted by Crippen LogP contribution is -2.39.